The van der Waals surface area contributed by atoms with Gasteiger partial charge in [0, 0.05) is 29.2 Å². The molecule has 2 aromatic carbocycles. The number of carbonyl (C=O) groups excluding carboxylic acids is 2. The van der Waals surface area contributed by atoms with Crippen LogP contribution in [0.2, 0.25) is 0 Å². The van der Waals surface area contributed by atoms with E-state index in [-0.39, 0.29) is 11.1 Å². The number of pyridine rings is 1. The number of benzene rings is 2. The molecule has 2 N–H and O–H groups in total. The quantitative estimate of drug-likeness (QED) is 0.339. The number of fused-ring (bicyclic) bond motifs is 1. The summed E-state index contributed by atoms with van der Waals surface area (Å²) >= 11 is 0. The number of anilines is 2. The predicted octanol–water partition coefficient (Wildman–Crippen LogP) is 5.31. The lowest BCUT2D eigenvalue weighted by Crippen LogP contribution is -2.14. The normalized spacial score (nSPS) is 11.3. The van der Waals surface area contributed by atoms with Crippen molar-refractivity contribution in [1.29, 1.82) is 0 Å². The highest BCUT2D eigenvalue weighted by Gasteiger charge is 2.31. The van der Waals surface area contributed by atoms with Gasteiger partial charge < -0.3 is 10.6 Å². The van der Waals surface area contributed by atoms with E-state index in [2.05, 4.69) is 25.7 Å². The van der Waals surface area contributed by atoms with Crippen LogP contribution in [0.15, 0.2) is 91.5 Å². The van der Waals surface area contributed by atoms with Gasteiger partial charge in [-0.2, -0.15) is 18.3 Å². The van der Waals surface area contributed by atoms with Crippen molar-refractivity contribution in [3.8, 4) is 11.3 Å². The monoisotopic (exact) mass is 502 g/mol. The van der Waals surface area contributed by atoms with Crippen LogP contribution in [0.5, 0.6) is 0 Å². The number of alkyl halides is 3. The molecule has 0 bridgehead atoms. The molecule has 2 amide bonds. The largest absolute Gasteiger partial charge is 0.416 e. The minimum Gasteiger partial charge on any atom is -0.322 e. The summed E-state index contributed by atoms with van der Waals surface area (Å²) in [6.07, 6.45) is 1.48. The second-order valence-electron chi connectivity index (χ2n) is 7.93. The van der Waals surface area contributed by atoms with Crippen LogP contribution in [0, 0.1) is 0 Å². The van der Waals surface area contributed by atoms with E-state index in [1.807, 2.05) is 0 Å². The third-order valence-corrected chi connectivity index (χ3v) is 5.43. The van der Waals surface area contributed by atoms with Crippen LogP contribution in [-0.4, -0.2) is 31.4 Å². The van der Waals surface area contributed by atoms with Gasteiger partial charge in [-0.05, 0) is 48.5 Å². The first-order valence-corrected chi connectivity index (χ1v) is 10.9. The molecule has 5 rings (SSSR count). The van der Waals surface area contributed by atoms with Gasteiger partial charge in [-0.1, -0.05) is 18.2 Å². The Bertz CT molecular complexity index is 1620. The van der Waals surface area contributed by atoms with Crippen molar-refractivity contribution in [2.75, 3.05) is 10.6 Å². The summed E-state index contributed by atoms with van der Waals surface area (Å²) in [4.78, 5) is 33.7. The van der Waals surface area contributed by atoms with Crippen LogP contribution < -0.4 is 10.6 Å². The van der Waals surface area contributed by atoms with Crippen molar-refractivity contribution >= 4 is 28.8 Å². The van der Waals surface area contributed by atoms with Gasteiger partial charge in [0.25, 0.3) is 11.8 Å². The fraction of sp³-hybridized carbons (Fsp3) is 0.0385. The maximum atomic E-state index is 13.0. The Morgan fingerprint density at radius 1 is 0.811 bits per heavy atom. The Morgan fingerprint density at radius 3 is 2.38 bits per heavy atom. The maximum absolute atomic E-state index is 13.0. The number of nitrogens with zero attached hydrogens (tertiary/aromatic N) is 4. The molecule has 0 aliphatic heterocycles. The summed E-state index contributed by atoms with van der Waals surface area (Å²) in [5.41, 5.74) is 1.64. The molecule has 0 radical (unpaired) electrons. The van der Waals surface area contributed by atoms with E-state index in [1.165, 1.54) is 35.2 Å². The van der Waals surface area contributed by atoms with Crippen molar-refractivity contribution in [2.45, 2.75) is 6.18 Å². The van der Waals surface area contributed by atoms with Gasteiger partial charge in [-0.25, -0.2) is 9.50 Å². The SMILES string of the molecule is O=C(Nc1cccc(-c2ccnc3c(C(=O)Nc4cccnc4)cnn23)c1)c1cccc(C(F)(F)F)c1. The number of amides is 2. The highest BCUT2D eigenvalue weighted by atomic mass is 19.4. The molecule has 0 saturated heterocycles. The standard InChI is InChI=1S/C26H17F3N6O2/c27-26(28,29)18-6-1-5-17(12-18)24(36)33-19-7-2-4-16(13-19)22-9-11-31-23-21(15-32-35(22)23)25(37)34-20-8-3-10-30-14-20/h1-15H,(H,33,36)(H,34,37). The Morgan fingerprint density at radius 2 is 1.59 bits per heavy atom. The molecule has 37 heavy (non-hydrogen) atoms. The molecule has 5 aromatic rings. The lowest BCUT2D eigenvalue weighted by atomic mass is 10.1. The van der Waals surface area contributed by atoms with E-state index < -0.39 is 23.6 Å². The van der Waals surface area contributed by atoms with E-state index in [0.717, 1.165) is 12.1 Å². The predicted molar refractivity (Wildman–Crippen MR) is 130 cm³/mol. The van der Waals surface area contributed by atoms with Crippen LogP contribution in [0.1, 0.15) is 26.3 Å². The van der Waals surface area contributed by atoms with Gasteiger partial charge in [0.05, 0.1) is 29.3 Å². The first-order valence-electron chi connectivity index (χ1n) is 10.9. The first-order chi connectivity index (χ1) is 17.8. The summed E-state index contributed by atoms with van der Waals surface area (Å²) in [6, 6.07) is 16.0. The summed E-state index contributed by atoms with van der Waals surface area (Å²) in [5.74, 6) is -1.09. The second-order valence-corrected chi connectivity index (χ2v) is 7.93. The molecule has 0 aliphatic carbocycles. The molecule has 11 heteroatoms. The van der Waals surface area contributed by atoms with Crippen molar-refractivity contribution in [3.63, 3.8) is 0 Å². The van der Waals surface area contributed by atoms with Gasteiger partial charge >= 0.3 is 6.18 Å². The molecule has 0 saturated carbocycles. The van der Waals surface area contributed by atoms with Crippen molar-refractivity contribution < 1.29 is 22.8 Å². The zero-order chi connectivity index (χ0) is 26.0. The van der Waals surface area contributed by atoms with Crippen LogP contribution in [0.25, 0.3) is 16.9 Å². The van der Waals surface area contributed by atoms with E-state index in [0.29, 0.717) is 28.3 Å². The molecule has 3 heterocycles. The maximum Gasteiger partial charge on any atom is 0.416 e. The van der Waals surface area contributed by atoms with Crippen molar-refractivity contribution in [1.82, 2.24) is 19.6 Å². The molecule has 0 aliphatic rings. The van der Waals surface area contributed by atoms with E-state index in [9.17, 15) is 22.8 Å². The summed E-state index contributed by atoms with van der Waals surface area (Å²) < 4.78 is 40.5. The van der Waals surface area contributed by atoms with Gasteiger partial charge in [-0.3, -0.25) is 14.6 Å². The van der Waals surface area contributed by atoms with Gasteiger partial charge in [0.2, 0.25) is 0 Å². The molecule has 184 valence electrons. The Labute approximate surface area is 207 Å². The summed E-state index contributed by atoms with van der Waals surface area (Å²) in [7, 11) is 0. The topological polar surface area (TPSA) is 101 Å². The molecule has 0 spiro atoms. The van der Waals surface area contributed by atoms with Gasteiger partial charge in [0.1, 0.15) is 5.56 Å². The summed E-state index contributed by atoms with van der Waals surface area (Å²) in [6.45, 7) is 0. The zero-order valence-corrected chi connectivity index (χ0v) is 18.9. The number of hydrogen-bond donors (Lipinski definition) is 2. The molecular formula is C26H17F3N6O2. The van der Waals surface area contributed by atoms with E-state index in [4.69, 9.17) is 0 Å². The minimum atomic E-state index is -4.56. The second kappa shape index (κ2) is 9.53. The van der Waals surface area contributed by atoms with Gasteiger partial charge in [-0.15, -0.1) is 0 Å². The fourth-order valence-corrected chi connectivity index (χ4v) is 3.70. The molecule has 0 unspecified atom stereocenters. The average Bonchev–Trinajstić information content (AvgIpc) is 3.34. The van der Waals surface area contributed by atoms with Crippen LogP contribution in [0.3, 0.4) is 0 Å². The van der Waals surface area contributed by atoms with Crippen LogP contribution in [0.4, 0.5) is 24.5 Å². The highest BCUT2D eigenvalue weighted by Crippen LogP contribution is 2.30. The smallest absolute Gasteiger partial charge is 0.322 e. The molecule has 0 atom stereocenters. The average molecular weight is 502 g/mol. The molecule has 8 nitrogen and oxygen atoms in total. The Balaban J connectivity index is 1.41. The highest BCUT2D eigenvalue weighted by molar-refractivity contribution is 6.08. The van der Waals surface area contributed by atoms with Crippen LogP contribution >= 0.6 is 0 Å². The molecule has 3 aromatic heterocycles. The Kier molecular flexibility index (Phi) is 6.10. The molecular weight excluding hydrogens is 485 g/mol. The lowest BCUT2D eigenvalue weighted by molar-refractivity contribution is -0.137. The first kappa shape index (κ1) is 23.7. The number of halogens is 3. The third kappa shape index (κ3) is 5.01. The number of aromatic nitrogens is 4. The minimum absolute atomic E-state index is 0.122. The van der Waals surface area contributed by atoms with Crippen molar-refractivity contribution in [2.24, 2.45) is 0 Å². The number of rotatable bonds is 5. The molecule has 0 fully saturated rings. The number of nitrogens with one attached hydrogen (secondary N) is 2. The Hall–Kier alpha value is -5.06. The number of carbonyl (C=O) groups is 2. The van der Waals surface area contributed by atoms with Gasteiger partial charge in [0.15, 0.2) is 5.65 Å². The van der Waals surface area contributed by atoms with Crippen molar-refractivity contribution in [3.05, 3.63) is 108 Å². The summed E-state index contributed by atoms with van der Waals surface area (Å²) in [5, 5.41) is 9.68. The van der Waals surface area contributed by atoms with Crippen LogP contribution in [-0.2, 0) is 6.18 Å². The third-order valence-electron chi connectivity index (χ3n) is 5.43. The number of hydrogen-bond acceptors (Lipinski definition) is 5. The fourth-order valence-electron chi connectivity index (χ4n) is 3.70. The van der Waals surface area contributed by atoms with E-state index in [1.54, 1.807) is 48.7 Å². The lowest BCUT2D eigenvalue weighted by Gasteiger charge is -2.11. The van der Waals surface area contributed by atoms with E-state index >= 15 is 0 Å². The zero-order valence-electron chi connectivity index (χ0n) is 18.9.